The van der Waals surface area contributed by atoms with E-state index >= 15 is 0 Å². The van der Waals surface area contributed by atoms with E-state index in [2.05, 4.69) is 20.8 Å². The molecule has 0 radical (unpaired) electrons. The van der Waals surface area contributed by atoms with E-state index in [4.69, 9.17) is 0 Å². The van der Waals surface area contributed by atoms with E-state index in [9.17, 15) is 5.11 Å². The van der Waals surface area contributed by atoms with Crippen molar-refractivity contribution in [2.75, 3.05) is 0 Å². The van der Waals surface area contributed by atoms with Crippen molar-refractivity contribution in [3.05, 3.63) is 0 Å². The largest absolute Gasteiger partial charge is 0.393 e. The molecule has 1 N–H and O–H groups in total. The molecule has 0 aromatic carbocycles. The molecular weight excluding hydrogens is 124 g/mol. The fourth-order valence-electron chi connectivity index (χ4n) is 1.23. The Bertz CT molecular complexity index is 61.1. The molecule has 0 bridgehead atoms. The molecule has 0 aliphatic heterocycles. The molecule has 2 atom stereocenters. The highest BCUT2D eigenvalue weighted by molar-refractivity contribution is 4.62. The van der Waals surface area contributed by atoms with Gasteiger partial charge in [-0.25, -0.2) is 0 Å². The lowest BCUT2D eigenvalue weighted by Crippen LogP contribution is -2.16. The lowest BCUT2D eigenvalue weighted by molar-refractivity contribution is 0.102. The summed E-state index contributed by atoms with van der Waals surface area (Å²) in [6, 6.07) is 0. The van der Waals surface area contributed by atoms with Crippen LogP contribution in [-0.4, -0.2) is 11.2 Å². The van der Waals surface area contributed by atoms with Crippen molar-refractivity contribution in [2.24, 2.45) is 5.92 Å². The van der Waals surface area contributed by atoms with Gasteiger partial charge in [-0.1, -0.05) is 33.6 Å². The van der Waals surface area contributed by atoms with Crippen molar-refractivity contribution < 1.29 is 5.11 Å². The molecule has 0 aromatic heterocycles. The quantitative estimate of drug-likeness (QED) is 0.628. The smallest absolute Gasteiger partial charge is 0.0565 e. The van der Waals surface area contributed by atoms with Gasteiger partial charge in [-0.15, -0.1) is 0 Å². The summed E-state index contributed by atoms with van der Waals surface area (Å²) in [6.07, 6.45) is 4.32. The maximum absolute atomic E-state index is 9.45. The van der Waals surface area contributed by atoms with Gasteiger partial charge in [0.2, 0.25) is 0 Å². The molecule has 0 rings (SSSR count). The Morgan fingerprint density at radius 3 is 2.00 bits per heavy atom. The fraction of sp³-hybridized carbons (Fsp3) is 1.00. The first-order valence-electron chi connectivity index (χ1n) is 4.40. The summed E-state index contributed by atoms with van der Waals surface area (Å²) in [5.41, 5.74) is 0. The Kier molecular flexibility index (Phi) is 5.70. The molecule has 0 aromatic rings. The number of hydrogen-bond donors (Lipinski definition) is 1. The van der Waals surface area contributed by atoms with Crippen LogP contribution in [0, 0.1) is 5.92 Å². The van der Waals surface area contributed by atoms with Crippen molar-refractivity contribution in [2.45, 2.75) is 52.6 Å². The molecule has 62 valence electrons. The van der Waals surface area contributed by atoms with Gasteiger partial charge in [0.05, 0.1) is 6.10 Å². The summed E-state index contributed by atoms with van der Waals surface area (Å²) >= 11 is 0. The van der Waals surface area contributed by atoms with Crippen LogP contribution in [0.15, 0.2) is 0 Å². The Morgan fingerprint density at radius 1 is 1.10 bits per heavy atom. The highest BCUT2D eigenvalue weighted by Crippen LogP contribution is 2.13. The van der Waals surface area contributed by atoms with Crippen molar-refractivity contribution in [1.29, 1.82) is 0 Å². The number of aliphatic hydroxyl groups excluding tert-OH is 1. The van der Waals surface area contributed by atoms with E-state index in [-0.39, 0.29) is 6.10 Å². The minimum atomic E-state index is -0.0649. The summed E-state index contributed by atoms with van der Waals surface area (Å²) in [6.45, 7) is 6.40. The zero-order valence-electron chi connectivity index (χ0n) is 7.43. The minimum absolute atomic E-state index is 0.0649. The van der Waals surface area contributed by atoms with Crippen LogP contribution in [0.1, 0.15) is 46.5 Å². The Labute approximate surface area is 64.5 Å². The van der Waals surface area contributed by atoms with E-state index in [0.717, 1.165) is 19.3 Å². The van der Waals surface area contributed by atoms with Gasteiger partial charge in [0.1, 0.15) is 0 Å². The summed E-state index contributed by atoms with van der Waals surface area (Å²) in [7, 11) is 0. The number of rotatable bonds is 5. The zero-order valence-corrected chi connectivity index (χ0v) is 7.43. The molecule has 0 heterocycles. The fourth-order valence-corrected chi connectivity index (χ4v) is 1.23. The highest BCUT2D eigenvalue weighted by Gasteiger charge is 2.10. The molecule has 0 aliphatic rings. The van der Waals surface area contributed by atoms with E-state index < -0.39 is 0 Å². The predicted molar refractivity (Wildman–Crippen MR) is 45.0 cm³/mol. The van der Waals surface area contributed by atoms with Crippen molar-refractivity contribution in [3.63, 3.8) is 0 Å². The second-order valence-electron chi connectivity index (χ2n) is 3.12. The van der Waals surface area contributed by atoms with Crippen molar-refractivity contribution >= 4 is 0 Å². The minimum Gasteiger partial charge on any atom is -0.393 e. The normalized spacial score (nSPS) is 16.8. The maximum Gasteiger partial charge on any atom is 0.0565 e. The molecule has 0 amide bonds. The third-order valence-electron chi connectivity index (χ3n) is 1.99. The van der Waals surface area contributed by atoms with Crippen LogP contribution in [0.5, 0.6) is 0 Å². The van der Waals surface area contributed by atoms with Gasteiger partial charge in [-0.3, -0.25) is 0 Å². The number of hydrogen-bond acceptors (Lipinski definition) is 1. The van der Waals surface area contributed by atoms with Crippen LogP contribution < -0.4 is 0 Å². The van der Waals surface area contributed by atoms with E-state index in [1.807, 2.05) is 0 Å². The summed E-state index contributed by atoms with van der Waals surface area (Å²) in [5, 5.41) is 9.45. The van der Waals surface area contributed by atoms with Crippen LogP contribution >= 0.6 is 0 Å². The van der Waals surface area contributed by atoms with Crippen molar-refractivity contribution in [1.82, 2.24) is 0 Å². The molecule has 0 saturated carbocycles. The second kappa shape index (κ2) is 5.72. The third kappa shape index (κ3) is 3.89. The second-order valence-corrected chi connectivity index (χ2v) is 3.12. The lowest BCUT2D eigenvalue weighted by Gasteiger charge is -2.16. The summed E-state index contributed by atoms with van der Waals surface area (Å²) in [5.74, 6) is 0.491. The van der Waals surface area contributed by atoms with Crippen LogP contribution in [0.2, 0.25) is 0 Å². The molecule has 1 nitrogen and oxygen atoms in total. The molecule has 0 saturated heterocycles. The van der Waals surface area contributed by atoms with Crippen molar-refractivity contribution in [3.8, 4) is 0 Å². The lowest BCUT2D eigenvalue weighted by atomic mass is 9.96. The Morgan fingerprint density at radius 2 is 1.60 bits per heavy atom. The van der Waals surface area contributed by atoms with Crippen LogP contribution in [0.3, 0.4) is 0 Å². The molecule has 0 fully saturated rings. The van der Waals surface area contributed by atoms with Gasteiger partial charge in [-0.05, 0) is 18.8 Å². The molecule has 0 unspecified atom stereocenters. The van der Waals surface area contributed by atoms with Crippen LogP contribution in [-0.2, 0) is 0 Å². The van der Waals surface area contributed by atoms with Crippen LogP contribution in [0.4, 0.5) is 0 Å². The average molecular weight is 144 g/mol. The Balaban J connectivity index is 3.38. The SMILES string of the molecule is CCC[C@@H](O)[C@@H](C)CCC. The zero-order chi connectivity index (χ0) is 7.98. The summed E-state index contributed by atoms with van der Waals surface area (Å²) < 4.78 is 0. The monoisotopic (exact) mass is 144 g/mol. The number of aliphatic hydroxyl groups is 1. The standard InChI is InChI=1S/C9H20O/c1-4-6-8(3)9(10)7-5-2/h8-10H,4-7H2,1-3H3/t8-,9+/m0/s1. The predicted octanol–water partition coefficient (Wildman–Crippen LogP) is 2.58. The van der Waals surface area contributed by atoms with E-state index in [0.29, 0.717) is 5.92 Å². The summed E-state index contributed by atoms with van der Waals surface area (Å²) in [4.78, 5) is 0. The van der Waals surface area contributed by atoms with E-state index in [1.54, 1.807) is 0 Å². The molecule has 10 heavy (non-hydrogen) atoms. The van der Waals surface area contributed by atoms with Gasteiger partial charge >= 0.3 is 0 Å². The first kappa shape index (κ1) is 9.96. The first-order chi connectivity index (χ1) is 4.72. The Hall–Kier alpha value is -0.0400. The van der Waals surface area contributed by atoms with E-state index in [1.165, 1.54) is 6.42 Å². The van der Waals surface area contributed by atoms with Gasteiger partial charge in [0.15, 0.2) is 0 Å². The van der Waals surface area contributed by atoms with Gasteiger partial charge in [0, 0.05) is 0 Å². The molecular formula is C9H20O. The topological polar surface area (TPSA) is 20.2 Å². The van der Waals surface area contributed by atoms with Crippen LogP contribution in [0.25, 0.3) is 0 Å². The molecule has 0 aliphatic carbocycles. The van der Waals surface area contributed by atoms with Gasteiger partial charge < -0.3 is 5.11 Å². The molecule has 1 heteroatoms. The van der Waals surface area contributed by atoms with Gasteiger partial charge in [-0.2, -0.15) is 0 Å². The molecule has 0 spiro atoms. The third-order valence-corrected chi connectivity index (χ3v) is 1.99. The van der Waals surface area contributed by atoms with Gasteiger partial charge in [0.25, 0.3) is 0 Å². The average Bonchev–Trinajstić information content (AvgIpc) is 1.89. The maximum atomic E-state index is 9.45. The first-order valence-corrected chi connectivity index (χ1v) is 4.40. The highest BCUT2D eigenvalue weighted by atomic mass is 16.3.